The van der Waals surface area contributed by atoms with Gasteiger partial charge in [0.15, 0.2) is 0 Å². The van der Waals surface area contributed by atoms with Crippen LogP contribution in [0.25, 0.3) is 0 Å². The Morgan fingerprint density at radius 2 is 1.35 bits per heavy atom. The summed E-state index contributed by atoms with van der Waals surface area (Å²) in [5.41, 5.74) is 0. The van der Waals surface area contributed by atoms with E-state index in [1.165, 1.54) is 57.8 Å². The molecular formula is C17H32. The maximum Gasteiger partial charge on any atom is -0.0355 e. The molecule has 0 spiro atoms. The van der Waals surface area contributed by atoms with Gasteiger partial charge >= 0.3 is 0 Å². The van der Waals surface area contributed by atoms with Crippen molar-refractivity contribution < 1.29 is 0 Å². The molecule has 0 nitrogen and oxygen atoms in total. The molecule has 0 amide bonds. The minimum atomic E-state index is 0.999. The average molecular weight is 236 g/mol. The van der Waals surface area contributed by atoms with Gasteiger partial charge in [0, 0.05) is 0 Å². The van der Waals surface area contributed by atoms with E-state index in [9.17, 15) is 0 Å². The van der Waals surface area contributed by atoms with Crippen molar-refractivity contribution in [3.8, 4) is 0 Å². The molecular weight excluding hydrogens is 204 g/mol. The van der Waals surface area contributed by atoms with Gasteiger partial charge in [0.05, 0.1) is 0 Å². The third-order valence-corrected chi connectivity index (χ3v) is 6.08. The normalized spacial score (nSPS) is 39.7. The molecule has 0 heteroatoms. The van der Waals surface area contributed by atoms with Crippen molar-refractivity contribution in [2.24, 2.45) is 29.6 Å². The minimum Gasteiger partial charge on any atom is -0.0651 e. The van der Waals surface area contributed by atoms with Gasteiger partial charge in [-0.1, -0.05) is 72.1 Å². The SMILES string of the molecule is CCC1C(C)C(C)C1CCC1CCCCCC1. The molecule has 0 aliphatic heterocycles. The van der Waals surface area contributed by atoms with Crippen LogP contribution in [0, 0.1) is 29.6 Å². The minimum absolute atomic E-state index is 0.999. The molecule has 100 valence electrons. The second-order valence-corrected chi connectivity index (χ2v) is 6.89. The summed E-state index contributed by atoms with van der Waals surface area (Å²) in [4.78, 5) is 0. The molecule has 0 aromatic rings. The van der Waals surface area contributed by atoms with Crippen LogP contribution in [0.15, 0.2) is 0 Å². The Labute approximate surface area is 109 Å². The van der Waals surface area contributed by atoms with E-state index >= 15 is 0 Å². The fraction of sp³-hybridized carbons (Fsp3) is 1.00. The summed E-state index contributed by atoms with van der Waals surface area (Å²) < 4.78 is 0. The molecule has 2 saturated carbocycles. The first-order valence-electron chi connectivity index (χ1n) is 8.24. The van der Waals surface area contributed by atoms with Crippen LogP contribution in [-0.2, 0) is 0 Å². The van der Waals surface area contributed by atoms with Gasteiger partial charge in [0.25, 0.3) is 0 Å². The van der Waals surface area contributed by atoms with Crippen LogP contribution >= 0.6 is 0 Å². The van der Waals surface area contributed by atoms with Crippen LogP contribution in [-0.4, -0.2) is 0 Å². The molecule has 0 saturated heterocycles. The summed E-state index contributed by atoms with van der Waals surface area (Å²) >= 11 is 0. The van der Waals surface area contributed by atoms with Crippen LogP contribution in [0.1, 0.15) is 78.6 Å². The van der Waals surface area contributed by atoms with E-state index in [4.69, 9.17) is 0 Å². The molecule has 0 aromatic heterocycles. The lowest BCUT2D eigenvalue weighted by Gasteiger charge is -2.50. The summed E-state index contributed by atoms with van der Waals surface area (Å²) in [6, 6.07) is 0. The van der Waals surface area contributed by atoms with Crippen LogP contribution in [0.3, 0.4) is 0 Å². The highest BCUT2D eigenvalue weighted by molar-refractivity contribution is 4.91. The molecule has 0 bridgehead atoms. The van der Waals surface area contributed by atoms with E-state index < -0.39 is 0 Å². The first kappa shape index (κ1) is 13.4. The van der Waals surface area contributed by atoms with Crippen molar-refractivity contribution in [1.82, 2.24) is 0 Å². The molecule has 0 aromatic carbocycles. The Bertz CT molecular complexity index is 212. The van der Waals surface area contributed by atoms with Crippen molar-refractivity contribution in [2.45, 2.75) is 78.6 Å². The standard InChI is InChI=1S/C17H32/c1-4-16-13(2)14(3)17(16)12-11-15-9-7-5-6-8-10-15/h13-17H,4-12H2,1-3H3. The lowest BCUT2D eigenvalue weighted by molar-refractivity contribution is -0.0104. The van der Waals surface area contributed by atoms with Crippen molar-refractivity contribution >= 4 is 0 Å². The van der Waals surface area contributed by atoms with Crippen LogP contribution in [0.2, 0.25) is 0 Å². The van der Waals surface area contributed by atoms with E-state index in [0.29, 0.717) is 0 Å². The fourth-order valence-electron chi connectivity index (χ4n) is 4.65. The number of rotatable bonds is 4. The summed E-state index contributed by atoms with van der Waals surface area (Å²) in [7, 11) is 0. The summed E-state index contributed by atoms with van der Waals surface area (Å²) in [5, 5.41) is 0. The molecule has 2 aliphatic carbocycles. The molecule has 0 heterocycles. The number of hydrogen-bond donors (Lipinski definition) is 0. The summed E-state index contributed by atoms with van der Waals surface area (Å²) in [6.45, 7) is 7.36. The first-order valence-corrected chi connectivity index (χ1v) is 8.24. The second kappa shape index (κ2) is 6.25. The van der Waals surface area contributed by atoms with Crippen molar-refractivity contribution in [3.63, 3.8) is 0 Å². The van der Waals surface area contributed by atoms with E-state index in [1.54, 1.807) is 0 Å². The quantitative estimate of drug-likeness (QED) is 0.552. The molecule has 17 heavy (non-hydrogen) atoms. The predicted octanol–water partition coefficient (Wildman–Crippen LogP) is 5.67. The largest absolute Gasteiger partial charge is 0.0651 e. The lowest BCUT2D eigenvalue weighted by atomic mass is 9.55. The molecule has 4 unspecified atom stereocenters. The van der Waals surface area contributed by atoms with E-state index in [-0.39, 0.29) is 0 Å². The van der Waals surface area contributed by atoms with Crippen LogP contribution in [0.4, 0.5) is 0 Å². The lowest BCUT2D eigenvalue weighted by Crippen LogP contribution is -2.43. The van der Waals surface area contributed by atoms with Crippen molar-refractivity contribution in [2.75, 3.05) is 0 Å². The van der Waals surface area contributed by atoms with Gasteiger partial charge in [0.2, 0.25) is 0 Å². The molecule has 2 fully saturated rings. The molecule has 0 N–H and O–H groups in total. The van der Waals surface area contributed by atoms with Gasteiger partial charge in [-0.15, -0.1) is 0 Å². The summed E-state index contributed by atoms with van der Waals surface area (Å²) in [6.07, 6.45) is 13.6. The highest BCUT2D eigenvalue weighted by Gasteiger charge is 2.42. The second-order valence-electron chi connectivity index (χ2n) is 6.89. The van der Waals surface area contributed by atoms with E-state index in [1.807, 2.05) is 0 Å². The van der Waals surface area contributed by atoms with Crippen LogP contribution < -0.4 is 0 Å². The fourth-order valence-corrected chi connectivity index (χ4v) is 4.65. The topological polar surface area (TPSA) is 0 Å². The molecule has 0 radical (unpaired) electrons. The predicted molar refractivity (Wildman–Crippen MR) is 76.0 cm³/mol. The Morgan fingerprint density at radius 3 is 1.94 bits per heavy atom. The van der Waals surface area contributed by atoms with Gasteiger partial charge in [-0.05, 0) is 36.0 Å². The van der Waals surface area contributed by atoms with Crippen LogP contribution in [0.5, 0.6) is 0 Å². The monoisotopic (exact) mass is 236 g/mol. The number of hydrogen-bond acceptors (Lipinski definition) is 0. The Hall–Kier alpha value is 0. The Balaban J connectivity index is 1.73. The van der Waals surface area contributed by atoms with Gasteiger partial charge in [-0.2, -0.15) is 0 Å². The van der Waals surface area contributed by atoms with Gasteiger partial charge < -0.3 is 0 Å². The van der Waals surface area contributed by atoms with Crippen molar-refractivity contribution in [1.29, 1.82) is 0 Å². The third kappa shape index (κ3) is 3.06. The van der Waals surface area contributed by atoms with Gasteiger partial charge in [-0.25, -0.2) is 0 Å². The van der Waals surface area contributed by atoms with E-state index in [0.717, 1.165) is 29.6 Å². The Morgan fingerprint density at radius 1 is 0.765 bits per heavy atom. The van der Waals surface area contributed by atoms with Gasteiger partial charge in [0.1, 0.15) is 0 Å². The first-order chi connectivity index (χ1) is 8.24. The zero-order valence-corrected chi connectivity index (χ0v) is 12.3. The average Bonchev–Trinajstić information content (AvgIpc) is 2.61. The molecule has 2 aliphatic rings. The van der Waals surface area contributed by atoms with Gasteiger partial charge in [-0.3, -0.25) is 0 Å². The summed E-state index contributed by atoms with van der Waals surface area (Å²) in [5.74, 6) is 5.21. The molecule has 4 atom stereocenters. The highest BCUT2D eigenvalue weighted by Crippen LogP contribution is 2.50. The maximum absolute atomic E-state index is 2.49. The smallest absolute Gasteiger partial charge is 0.0355 e. The molecule has 2 rings (SSSR count). The highest BCUT2D eigenvalue weighted by atomic mass is 14.5. The maximum atomic E-state index is 2.49. The zero-order chi connectivity index (χ0) is 12.3. The Kier molecular flexibility index (Phi) is 4.94. The van der Waals surface area contributed by atoms with E-state index in [2.05, 4.69) is 20.8 Å². The third-order valence-electron chi connectivity index (χ3n) is 6.08. The van der Waals surface area contributed by atoms with Crippen molar-refractivity contribution in [3.05, 3.63) is 0 Å². The zero-order valence-electron chi connectivity index (χ0n) is 12.3.